The number of ether oxygens (including phenoxy) is 1. The number of benzene rings is 2. The van der Waals surface area contributed by atoms with E-state index in [0.29, 0.717) is 5.75 Å². The molecule has 1 unspecified atom stereocenters. The molecule has 0 aliphatic carbocycles. The number of aryl methyl sites for hydroxylation is 1. The van der Waals surface area contributed by atoms with Crippen LogP contribution in [0.5, 0.6) is 5.75 Å². The Balaban J connectivity index is 1.52. The molecule has 0 bridgehead atoms. The van der Waals surface area contributed by atoms with Gasteiger partial charge in [-0.05, 0) is 43.8 Å². The second-order valence-electron chi connectivity index (χ2n) is 7.34. The molecule has 1 aliphatic heterocycles. The van der Waals surface area contributed by atoms with Gasteiger partial charge in [0, 0.05) is 31.7 Å². The Morgan fingerprint density at radius 3 is 2.34 bits per heavy atom. The molecule has 3 aromatic rings. The van der Waals surface area contributed by atoms with Crippen LogP contribution in [0, 0.1) is 6.92 Å². The van der Waals surface area contributed by atoms with E-state index in [-0.39, 0.29) is 0 Å². The van der Waals surface area contributed by atoms with Crippen molar-refractivity contribution in [2.75, 3.05) is 33.2 Å². The highest BCUT2D eigenvalue weighted by Gasteiger charge is 2.23. The van der Waals surface area contributed by atoms with Gasteiger partial charge in [-0.25, -0.2) is 0 Å². The summed E-state index contributed by atoms with van der Waals surface area (Å²) in [6.45, 7) is 5.41. The van der Waals surface area contributed by atoms with Gasteiger partial charge in [-0.1, -0.05) is 35.5 Å². The molecule has 150 valence electrons. The van der Waals surface area contributed by atoms with Crippen molar-refractivity contribution < 1.29 is 14.1 Å². The lowest BCUT2D eigenvalue weighted by Crippen LogP contribution is -2.51. The fourth-order valence-corrected chi connectivity index (χ4v) is 3.61. The van der Waals surface area contributed by atoms with Crippen LogP contribution in [0.1, 0.15) is 5.76 Å². The average molecular weight is 391 g/mol. The normalized spacial score (nSPS) is 16.5. The number of aldehydes is 1. The molecule has 1 aliphatic rings. The summed E-state index contributed by atoms with van der Waals surface area (Å²) >= 11 is 0. The van der Waals surface area contributed by atoms with Crippen LogP contribution in [0.25, 0.3) is 22.4 Å². The first-order valence-electron chi connectivity index (χ1n) is 9.82. The SMILES string of the molecule is Cc1onc(-c2ccc(OC(C=O)N3CCN(C)CC3)cc2)c1-c1ccccc1. The molecule has 1 aromatic heterocycles. The van der Waals surface area contributed by atoms with Crippen LogP contribution >= 0.6 is 0 Å². The number of hydrogen-bond donors (Lipinski definition) is 0. The second-order valence-corrected chi connectivity index (χ2v) is 7.34. The number of likely N-dealkylation sites (N-methyl/N-ethyl adjacent to an activating group) is 1. The van der Waals surface area contributed by atoms with E-state index in [0.717, 1.165) is 60.6 Å². The number of nitrogens with zero attached hydrogens (tertiary/aromatic N) is 3. The summed E-state index contributed by atoms with van der Waals surface area (Å²) in [5.41, 5.74) is 3.79. The molecular weight excluding hydrogens is 366 g/mol. The van der Waals surface area contributed by atoms with E-state index in [2.05, 4.69) is 22.0 Å². The van der Waals surface area contributed by atoms with Crippen molar-refractivity contribution in [3.63, 3.8) is 0 Å². The minimum Gasteiger partial charge on any atom is -0.468 e. The van der Waals surface area contributed by atoms with Gasteiger partial charge in [-0.3, -0.25) is 9.69 Å². The monoisotopic (exact) mass is 391 g/mol. The first-order chi connectivity index (χ1) is 14.2. The van der Waals surface area contributed by atoms with Crippen LogP contribution in [0.3, 0.4) is 0 Å². The lowest BCUT2D eigenvalue weighted by atomic mass is 9.99. The smallest absolute Gasteiger partial charge is 0.209 e. The highest BCUT2D eigenvalue weighted by Crippen LogP contribution is 2.34. The van der Waals surface area contributed by atoms with Crippen molar-refractivity contribution in [3.8, 4) is 28.1 Å². The van der Waals surface area contributed by atoms with E-state index in [1.807, 2.05) is 61.5 Å². The van der Waals surface area contributed by atoms with E-state index in [1.165, 1.54) is 0 Å². The third-order valence-electron chi connectivity index (χ3n) is 5.32. The molecule has 1 fully saturated rings. The molecule has 4 rings (SSSR count). The first-order valence-corrected chi connectivity index (χ1v) is 9.82. The second kappa shape index (κ2) is 8.59. The summed E-state index contributed by atoms with van der Waals surface area (Å²) in [5.74, 6) is 1.44. The molecular formula is C23H25N3O3. The summed E-state index contributed by atoms with van der Waals surface area (Å²) in [5, 5.41) is 4.26. The zero-order chi connectivity index (χ0) is 20.2. The zero-order valence-electron chi connectivity index (χ0n) is 16.7. The number of carbonyl (C=O) groups is 1. The van der Waals surface area contributed by atoms with Gasteiger partial charge in [0.2, 0.25) is 6.23 Å². The van der Waals surface area contributed by atoms with Crippen molar-refractivity contribution in [1.82, 2.24) is 15.0 Å². The molecule has 6 heteroatoms. The highest BCUT2D eigenvalue weighted by atomic mass is 16.5. The van der Waals surface area contributed by atoms with Gasteiger partial charge in [0.25, 0.3) is 0 Å². The van der Waals surface area contributed by atoms with Crippen LogP contribution in [0.2, 0.25) is 0 Å². The van der Waals surface area contributed by atoms with E-state index >= 15 is 0 Å². The van der Waals surface area contributed by atoms with E-state index < -0.39 is 6.23 Å². The maximum absolute atomic E-state index is 11.6. The van der Waals surface area contributed by atoms with Crippen molar-refractivity contribution in [3.05, 3.63) is 60.4 Å². The highest BCUT2D eigenvalue weighted by molar-refractivity contribution is 5.82. The minimum absolute atomic E-state index is 0.566. The topological polar surface area (TPSA) is 58.8 Å². The van der Waals surface area contributed by atoms with Gasteiger partial charge in [0.15, 0.2) is 6.29 Å². The van der Waals surface area contributed by atoms with Gasteiger partial charge < -0.3 is 14.2 Å². The molecule has 0 N–H and O–H groups in total. The molecule has 29 heavy (non-hydrogen) atoms. The van der Waals surface area contributed by atoms with Crippen LogP contribution < -0.4 is 4.74 Å². The number of carbonyl (C=O) groups excluding carboxylic acids is 1. The summed E-state index contributed by atoms with van der Waals surface area (Å²) in [6, 6.07) is 17.7. The Hall–Kier alpha value is -2.96. The number of piperazine rings is 1. The van der Waals surface area contributed by atoms with Gasteiger partial charge in [0.1, 0.15) is 17.2 Å². The van der Waals surface area contributed by atoms with Crippen molar-refractivity contribution in [2.24, 2.45) is 0 Å². The molecule has 0 radical (unpaired) electrons. The standard InChI is InChI=1S/C23H25N3O3/c1-17-22(18-6-4-3-5-7-18)23(24-29-17)19-8-10-20(11-9-19)28-21(16-27)26-14-12-25(2)13-15-26/h3-11,16,21H,12-15H2,1-2H3. The quantitative estimate of drug-likeness (QED) is 0.600. The summed E-state index contributed by atoms with van der Waals surface area (Å²) < 4.78 is 11.4. The lowest BCUT2D eigenvalue weighted by Gasteiger charge is -2.35. The van der Waals surface area contributed by atoms with Gasteiger partial charge in [0.05, 0.1) is 5.56 Å². The molecule has 6 nitrogen and oxygen atoms in total. The van der Waals surface area contributed by atoms with Crippen molar-refractivity contribution in [2.45, 2.75) is 13.2 Å². The Morgan fingerprint density at radius 2 is 1.69 bits per heavy atom. The van der Waals surface area contributed by atoms with Gasteiger partial charge in [-0.2, -0.15) is 0 Å². The van der Waals surface area contributed by atoms with E-state index in [1.54, 1.807) is 0 Å². The number of hydrogen-bond acceptors (Lipinski definition) is 6. The summed E-state index contributed by atoms with van der Waals surface area (Å²) in [6.07, 6.45) is 0.303. The predicted octanol–water partition coefficient (Wildman–Crippen LogP) is 3.47. The van der Waals surface area contributed by atoms with Crippen LogP contribution in [0.4, 0.5) is 0 Å². The molecule has 1 atom stereocenters. The molecule has 1 saturated heterocycles. The molecule has 0 spiro atoms. The molecule has 0 saturated carbocycles. The maximum Gasteiger partial charge on any atom is 0.209 e. The Bertz CT molecular complexity index is 945. The maximum atomic E-state index is 11.6. The third-order valence-corrected chi connectivity index (χ3v) is 5.32. The Morgan fingerprint density at radius 1 is 1.00 bits per heavy atom. The molecule has 0 amide bonds. The van der Waals surface area contributed by atoms with Crippen molar-refractivity contribution >= 4 is 6.29 Å². The fourth-order valence-electron chi connectivity index (χ4n) is 3.61. The fraction of sp³-hybridized carbons (Fsp3) is 0.304. The zero-order valence-corrected chi connectivity index (χ0v) is 16.7. The van der Waals surface area contributed by atoms with E-state index in [9.17, 15) is 4.79 Å². The lowest BCUT2D eigenvalue weighted by molar-refractivity contribution is -0.123. The average Bonchev–Trinajstić information content (AvgIpc) is 3.15. The van der Waals surface area contributed by atoms with Gasteiger partial charge >= 0.3 is 0 Å². The Labute approximate surface area is 170 Å². The predicted molar refractivity (Wildman–Crippen MR) is 112 cm³/mol. The molecule has 2 aromatic carbocycles. The van der Waals surface area contributed by atoms with Gasteiger partial charge in [-0.15, -0.1) is 0 Å². The summed E-state index contributed by atoms with van der Waals surface area (Å²) in [7, 11) is 2.09. The first kappa shape index (κ1) is 19.4. The molecule has 2 heterocycles. The minimum atomic E-state index is -0.566. The van der Waals surface area contributed by atoms with Crippen LogP contribution in [-0.2, 0) is 4.79 Å². The number of aromatic nitrogens is 1. The van der Waals surface area contributed by atoms with Crippen molar-refractivity contribution in [1.29, 1.82) is 0 Å². The largest absolute Gasteiger partial charge is 0.468 e. The van der Waals surface area contributed by atoms with Crippen LogP contribution in [0.15, 0.2) is 59.1 Å². The third kappa shape index (κ3) is 4.23. The number of rotatable bonds is 6. The Kier molecular flexibility index (Phi) is 5.74. The summed E-state index contributed by atoms with van der Waals surface area (Å²) in [4.78, 5) is 15.9. The van der Waals surface area contributed by atoms with Crippen LogP contribution in [-0.4, -0.2) is 60.7 Å². The van der Waals surface area contributed by atoms with E-state index in [4.69, 9.17) is 9.26 Å².